The van der Waals surface area contributed by atoms with Crippen molar-refractivity contribution in [2.24, 2.45) is 0 Å². The van der Waals surface area contributed by atoms with E-state index in [1.807, 2.05) is 30.3 Å². The second-order valence-electron chi connectivity index (χ2n) is 7.04. The molecule has 138 valence electrons. The molecule has 2 aromatic heterocycles. The Bertz CT molecular complexity index is 1290. The average molecular weight is 373 g/mol. The van der Waals surface area contributed by atoms with Gasteiger partial charge in [-0.05, 0) is 24.6 Å². The zero-order valence-corrected chi connectivity index (χ0v) is 15.0. The maximum atomic E-state index is 13.2. The van der Waals surface area contributed by atoms with E-state index in [4.69, 9.17) is 4.74 Å². The Balaban J connectivity index is 1.88. The van der Waals surface area contributed by atoms with Crippen molar-refractivity contribution in [1.29, 1.82) is 5.26 Å². The highest BCUT2D eigenvalue weighted by Gasteiger charge is 2.46. The number of nitriles is 1. The number of esters is 1. The minimum atomic E-state index is -1.88. The summed E-state index contributed by atoms with van der Waals surface area (Å²) in [5.74, 6) is -0.770. The number of aromatic nitrogens is 2. The number of hydrogen-bond acceptors (Lipinski definition) is 6. The Hall–Kier alpha value is -3.50. The molecule has 1 unspecified atom stereocenters. The van der Waals surface area contributed by atoms with Gasteiger partial charge in [-0.3, -0.25) is 9.36 Å². The van der Waals surface area contributed by atoms with Crippen LogP contribution >= 0.6 is 0 Å². The average Bonchev–Trinajstić information content (AvgIpc) is 3.02. The normalized spacial score (nSPS) is 22.2. The number of carbonyl (C=O) groups is 1. The van der Waals surface area contributed by atoms with Crippen molar-refractivity contribution in [2.75, 3.05) is 0 Å². The molecule has 2 atom stereocenters. The third-order valence-corrected chi connectivity index (χ3v) is 5.66. The van der Waals surface area contributed by atoms with E-state index in [0.717, 1.165) is 10.9 Å². The van der Waals surface area contributed by atoms with Crippen LogP contribution in [0.4, 0.5) is 0 Å². The summed E-state index contributed by atoms with van der Waals surface area (Å²) < 4.78 is 6.44. The third-order valence-electron chi connectivity index (χ3n) is 5.66. The molecule has 28 heavy (non-hydrogen) atoms. The molecule has 0 bridgehead atoms. The molecule has 2 aliphatic rings. The summed E-state index contributed by atoms with van der Waals surface area (Å²) in [5.41, 5.74) is 0.423. The first kappa shape index (κ1) is 16.7. The molecule has 0 saturated heterocycles. The number of aliphatic hydroxyl groups is 1. The van der Waals surface area contributed by atoms with Crippen LogP contribution < -0.4 is 5.56 Å². The maximum absolute atomic E-state index is 13.2. The minimum Gasteiger partial charge on any atom is -0.458 e. The number of fused-ring (bicyclic) bond motifs is 5. The molecule has 7 nitrogen and oxygen atoms in total. The number of rotatable bonds is 1. The Morgan fingerprint density at radius 3 is 2.89 bits per heavy atom. The highest BCUT2D eigenvalue weighted by atomic mass is 16.6. The number of nitrogens with zero attached hydrogens (tertiary/aromatic N) is 3. The monoisotopic (exact) mass is 373 g/mol. The molecule has 2 aliphatic heterocycles. The van der Waals surface area contributed by atoms with Gasteiger partial charge in [0.1, 0.15) is 6.61 Å². The van der Waals surface area contributed by atoms with Gasteiger partial charge in [-0.2, -0.15) is 5.26 Å². The van der Waals surface area contributed by atoms with Crippen LogP contribution in [0.2, 0.25) is 0 Å². The van der Waals surface area contributed by atoms with Gasteiger partial charge in [0.25, 0.3) is 5.56 Å². The van der Waals surface area contributed by atoms with Crippen LogP contribution in [0.25, 0.3) is 22.3 Å². The molecule has 0 aliphatic carbocycles. The molecule has 0 spiro atoms. The van der Waals surface area contributed by atoms with Crippen molar-refractivity contribution in [3.8, 4) is 17.5 Å². The largest absolute Gasteiger partial charge is 0.458 e. The van der Waals surface area contributed by atoms with Crippen molar-refractivity contribution in [3.05, 3.63) is 63.4 Å². The molecule has 0 amide bonds. The molecule has 4 heterocycles. The van der Waals surface area contributed by atoms with E-state index < -0.39 is 23.2 Å². The van der Waals surface area contributed by atoms with Crippen LogP contribution in [0.1, 0.15) is 36.1 Å². The molecule has 0 radical (unpaired) electrons. The lowest BCUT2D eigenvalue weighted by Gasteiger charge is -2.31. The quantitative estimate of drug-likeness (QED) is 0.655. The number of para-hydroxylation sites is 1. The third kappa shape index (κ3) is 1.93. The summed E-state index contributed by atoms with van der Waals surface area (Å²) >= 11 is 0. The van der Waals surface area contributed by atoms with Crippen LogP contribution in [0.5, 0.6) is 0 Å². The van der Waals surface area contributed by atoms with E-state index >= 15 is 0 Å². The number of hydrogen-bond donors (Lipinski definition) is 1. The summed E-state index contributed by atoms with van der Waals surface area (Å²) in [5, 5.41) is 21.5. The van der Waals surface area contributed by atoms with Crippen LogP contribution in [0, 0.1) is 11.3 Å². The van der Waals surface area contributed by atoms with Crippen molar-refractivity contribution >= 4 is 16.9 Å². The van der Waals surface area contributed by atoms with Crippen molar-refractivity contribution in [1.82, 2.24) is 9.55 Å². The summed E-state index contributed by atoms with van der Waals surface area (Å²) in [6, 6.07) is 12.3. The molecule has 7 heteroatoms. The molecule has 0 saturated carbocycles. The fourth-order valence-corrected chi connectivity index (χ4v) is 4.12. The molecule has 5 rings (SSSR count). The molecule has 3 aromatic rings. The first-order valence-electron chi connectivity index (χ1n) is 8.97. The fraction of sp³-hybridized carbons (Fsp3) is 0.238. The highest BCUT2D eigenvalue weighted by Crippen LogP contribution is 2.42. The van der Waals surface area contributed by atoms with Gasteiger partial charge in [0, 0.05) is 16.5 Å². The van der Waals surface area contributed by atoms with Gasteiger partial charge in [0.05, 0.1) is 28.5 Å². The van der Waals surface area contributed by atoms with Crippen molar-refractivity contribution < 1.29 is 14.6 Å². The van der Waals surface area contributed by atoms with E-state index in [9.17, 15) is 20.0 Å². The Morgan fingerprint density at radius 1 is 1.36 bits per heavy atom. The second kappa shape index (κ2) is 5.50. The Morgan fingerprint density at radius 2 is 2.14 bits per heavy atom. The van der Waals surface area contributed by atoms with E-state index in [0.29, 0.717) is 17.0 Å². The summed E-state index contributed by atoms with van der Waals surface area (Å²) in [6.45, 7) is 1.43. The molecular weight excluding hydrogens is 358 g/mol. The van der Waals surface area contributed by atoms with Crippen LogP contribution in [-0.2, 0) is 21.7 Å². The first-order chi connectivity index (χ1) is 13.5. The van der Waals surface area contributed by atoms with Crippen molar-refractivity contribution in [3.63, 3.8) is 0 Å². The van der Waals surface area contributed by atoms with Gasteiger partial charge >= 0.3 is 5.97 Å². The number of pyridine rings is 2. The molecule has 0 fully saturated rings. The van der Waals surface area contributed by atoms with E-state index in [1.54, 1.807) is 13.0 Å². The predicted octanol–water partition coefficient (Wildman–Crippen LogP) is 2.14. The lowest BCUT2D eigenvalue weighted by molar-refractivity contribution is -0.172. The standard InChI is InChI=1S/C21H15N3O4/c1-2-21(27)14-8-16-18-12(7-11-5-3-4-6-15(11)23-18)17(9-22)24(16)19(25)13(14)10-28-20(21)26/h3-8,17,27H,2,10H2,1H3/t17?,21-/m0/s1. The van der Waals surface area contributed by atoms with Gasteiger partial charge in [-0.25, -0.2) is 9.78 Å². The molecule has 1 N–H and O–H groups in total. The fourth-order valence-electron chi connectivity index (χ4n) is 4.12. The number of cyclic esters (lactones) is 1. The van der Waals surface area contributed by atoms with Crippen LogP contribution in [0.3, 0.4) is 0 Å². The number of benzene rings is 1. The van der Waals surface area contributed by atoms with Crippen molar-refractivity contribution in [2.45, 2.75) is 31.6 Å². The summed E-state index contributed by atoms with van der Waals surface area (Å²) in [6.07, 6.45) is 0.0708. The van der Waals surface area contributed by atoms with Gasteiger partial charge in [-0.1, -0.05) is 25.1 Å². The number of carbonyl (C=O) groups excluding carboxylic acids is 1. The van der Waals surface area contributed by atoms with E-state index in [1.165, 1.54) is 4.57 Å². The summed E-state index contributed by atoms with van der Waals surface area (Å²) in [4.78, 5) is 30.1. The smallest absolute Gasteiger partial charge is 0.343 e. The lowest BCUT2D eigenvalue weighted by atomic mass is 9.86. The Kier molecular flexibility index (Phi) is 3.27. The van der Waals surface area contributed by atoms with Crippen LogP contribution in [0.15, 0.2) is 41.2 Å². The lowest BCUT2D eigenvalue weighted by Crippen LogP contribution is -2.44. The molecule has 1 aromatic carbocycles. The topological polar surface area (TPSA) is 105 Å². The van der Waals surface area contributed by atoms with E-state index in [2.05, 4.69) is 11.1 Å². The van der Waals surface area contributed by atoms with Gasteiger partial charge in [0.15, 0.2) is 11.6 Å². The SMILES string of the molecule is CC[C@@]1(O)C(=O)OCc2c1cc1n(c2=O)C(C#N)c2cc3ccccc3nc2-1. The van der Waals surface area contributed by atoms with Gasteiger partial charge < -0.3 is 9.84 Å². The Labute approximate surface area is 159 Å². The summed E-state index contributed by atoms with van der Waals surface area (Å²) in [7, 11) is 0. The first-order valence-corrected chi connectivity index (χ1v) is 8.97. The van der Waals surface area contributed by atoms with Crippen LogP contribution in [-0.4, -0.2) is 20.6 Å². The second-order valence-corrected chi connectivity index (χ2v) is 7.04. The maximum Gasteiger partial charge on any atom is 0.343 e. The number of ether oxygens (including phenoxy) is 1. The van der Waals surface area contributed by atoms with Gasteiger partial charge in [0.2, 0.25) is 0 Å². The molecular formula is C21H15N3O4. The highest BCUT2D eigenvalue weighted by molar-refractivity contribution is 5.87. The zero-order valence-electron chi connectivity index (χ0n) is 15.0. The predicted molar refractivity (Wildman–Crippen MR) is 99.2 cm³/mol. The van der Waals surface area contributed by atoms with E-state index in [-0.39, 0.29) is 24.2 Å². The van der Waals surface area contributed by atoms with Gasteiger partial charge in [-0.15, -0.1) is 0 Å². The minimum absolute atomic E-state index is 0.0708. The zero-order chi connectivity index (χ0) is 19.6.